The third-order valence-corrected chi connectivity index (χ3v) is 6.89. The Bertz CT molecular complexity index is 1420. The molecule has 3 aliphatic carbocycles. The van der Waals surface area contributed by atoms with E-state index in [0.717, 1.165) is 19.3 Å². The number of nitriles is 1. The molecule has 0 aromatic carbocycles. The number of nitrogens with zero attached hydrogens (tertiary/aromatic N) is 5. The van der Waals surface area contributed by atoms with Crippen molar-refractivity contribution in [2.75, 3.05) is 11.9 Å². The van der Waals surface area contributed by atoms with E-state index >= 15 is 4.39 Å². The number of fused-ring (bicyclic) bond motifs is 1. The normalized spacial score (nSPS) is 27.9. The molecule has 1 amide bonds. The number of alkyl carbamates (subject to hydrolysis) is 1. The van der Waals surface area contributed by atoms with Crippen LogP contribution in [0.3, 0.4) is 0 Å². The molecule has 4 heterocycles. The van der Waals surface area contributed by atoms with Crippen molar-refractivity contribution >= 4 is 23.5 Å². The maximum Gasteiger partial charge on any atom is 0.522 e. The van der Waals surface area contributed by atoms with Crippen molar-refractivity contribution in [2.45, 2.75) is 56.2 Å². The highest BCUT2D eigenvalue weighted by Gasteiger charge is 2.58. The quantitative estimate of drug-likeness (QED) is 0.387. The SMILES string of the molecule is N#Cc1cc2nc(COC(F)(F)F)cn2c(Nc2cc([C@H]3OC[C@@H](OC(=O)NC45CC(C4)C5)[C@H]3F)[nH]n2)n1. The molecule has 3 saturated carbocycles. The Labute approximate surface area is 211 Å². The summed E-state index contributed by atoms with van der Waals surface area (Å²) in [6.07, 6.45) is -5.28. The number of carbonyl (C=O) groups excluding carboxylic acids is 1. The molecule has 1 aliphatic heterocycles. The van der Waals surface area contributed by atoms with Crippen LogP contribution in [-0.2, 0) is 20.8 Å². The average molecular weight is 536 g/mol. The van der Waals surface area contributed by atoms with Gasteiger partial charge in [-0.15, -0.1) is 13.2 Å². The number of H-pyrrole nitrogens is 1. The lowest BCUT2D eigenvalue weighted by Crippen LogP contribution is -2.68. The largest absolute Gasteiger partial charge is 0.522 e. The monoisotopic (exact) mass is 536 g/mol. The summed E-state index contributed by atoms with van der Waals surface area (Å²) in [5.74, 6) is 0.852. The second-order valence-corrected chi connectivity index (χ2v) is 9.63. The number of alkyl halides is 4. The fraction of sp³-hybridized carbons (Fsp3) is 0.500. The number of nitrogens with one attached hydrogen (secondary N) is 3. The first-order valence-corrected chi connectivity index (χ1v) is 11.7. The summed E-state index contributed by atoms with van der Waals surface area (Å²) in [4.78, 5) is 20.3. The van der Waals surface area contributed by atoms with Crippen LogP contribution in [0.2, 0.25) is 0 Å². The Morgan fingerprint density at radius 3 is 2.79 bits per heavy atom. The van der Waals surface area contributed by atoms with Gasteiger partial charge in [-0.05, 0) is 25.2 Å². The number of anilines is 2. The number of carbonyl (C=O) groups is 1. The minimum atomic E-state index is -4.83. The second kappa shape index (κ2) is 8.81. The first kappa shape index (κ1) is 24.4. The zero-order valence-electron chi connectivity index (χ0n) is 19.5. The predicted octanol–water partition coefficient (Wildman–Crippen LogP) is 3.16. The number of rotatable bonds is 7. The Kier molecular flexibility index (Phi) is 5.65. The van der Waals surface area contributed by atoms with E-state index in [1.807, 2.05) is 6.07 Å². The summed E-state index contributed by atoms with van der Waals surface area (Å²) in [5, 5.41) is 21.6. The highest BCUT2D eigenvalue weighted by atomic mass is 19.4. The van der Waals surface area contributed by atoms with Crippen molar-refractivity contribution in [3.63, 3.8) is 0 Å². The third kappa shape index (κ3) is 4.58. The molecule has 1 saturated heterocycles. The number of amides is 1. The maximum atomic E-state index is 15.1. The van der Waals surface area contributed by atoms with Gasteiger partial charge >= 0.3 is 12.5 Å². The summed E-state index contributed by atoms with van der Waals surface area (Å²) in [7, 11) is 0. The molecular weight excluding hydrogens is 516 g/mol. The average Bonchev–Trinajstić information content (AvgIpc) is 3.53. The minimum absolute atomic E-state index is 0.0264. The molecular formula is C22H20F4N8O4. The highest BCUT2D eigenvalue weighted by Crippen LogP contribution is 2.57. The van der Waals surface area contributed by atoms with Crippen LogP contribution < -0.4 is 10.6 Å². The van der Waals surface area contributed by atoms with Gasteiger partial charge in [0.1, 0.15) is 23.5 Å². The number of ether oxygens (including phenoxy) is 3. The van der Waals surface area contributed by atoms with E-state index in [1.165, 1.54) is 22.7 Å². The zero-order valence-corrected chi connectivity index (χ0v) is 19.5. The van der Waals surface area contributed by atoms with Crippen LogP contribution in [0.4, 0.5) is 34.1 Å². The maximum absolute atomic E-state index is 15.1. The lowest BCUT2D eigenvalue weighted by atomic mass is 9.50. The fourth-order valence-corrected chi connectivity index (χ4v) is 5.02. The molecule has 12 nitrogen and oxygen atoms in total. The molecule has 4 aliphatic rings. The fourth-order valence-electron chi connectivity index (χ4n) is 5.02. The Hall–Kier alpha value is -3.97. The van der Waals surface area contributed by atoms with Gasteiger partial charge < -0.3 is 20.1 Å². The molecule has 0 unspecified atom stereocenters. The number of imidazole rings is 1. The molecule has 0 radical (unpaired) electrons. The molecule has 4 fully saturated rings. The van der Waals surface area contributed by atoms with Gasteiger partial charge in [-0.3, -0.25) is 14.2 Å². The topological polar surface area (TPSA) is 151 Å². The van der Waals surface area contributed by atoms with Gasteiger partial charge in [0.25, 0.3) is 0 Å². The number of halogens is 4. The van der Waals surface area contributed by atoms with Crippen molar-refractivity contribution in [3.8, 4) is 6.07 Å². The van der Waals surface area contributed by atoms with Crippen molar-refractivity contribution < 1.29 is 36.6 Å². The lowest BCUT2D eigenvalue weighted by molar-refractivity contribution is -0.330. The summed E-state index contributed by atoms with van der Waals surface area (Å²) < 4.78 is 68.2. The number of hydrogen-bond donors (Lipinski definition) is 3. The third-order valence-electron chi connectivity index (χ3n) is 6.89. The lowest BCUT2D eigenvalue weighted by Gasteiger charge is -2.61. The number of hydrogen-bond acceptors (Lipinski definition) is 9. The second-order valence-electron chi connectivity index (χ2n) is 9.63. The van der Waals surface area contributed by atoms with Crippen LogP contribution in [0.5, 0.6) is 0 Å². The van der Waals surface area contributed by atoms with E-state index < -0.39 is 37.4 Å². The summed E-state index contributed by atoms with van der Waals surface area (Å²) in [6.45, 7) is -0.973. The van der Waals surface area contributed by atoms with Gasteiger partial charge in [-0.1, -0.05) is 0 Å². The summed E-state index contributed by atoms with van der Waals surface area (Å²) in [6, 6.07) is 4.59. The van der Waals surface area contributed by atoms with Crippen molar-refractivity contribution in [1.82, 2.24) is 29.9 Å². The minimum Gasteiger partial charge on any atom is -0.441 e. The molecule has 0 spiro atoms. The summed E-state index contributed by atoms with van der Waals surface area (Å²) in [5.41, 5.74) is 0.109. The standard InChI is InChI=1S/C22H20F4N8O4/c23-17-14(38-20(35)31-21-3-10(4-21)5-21)9-36-18(17)13-2-15(33-32-13)30-19-29-11(6-27)1-16-28-12(7-34(16)19)8-37-22(24,25)26/h1-2,7,10,14,17-18H,3-5,8-9H2,(H,31,35)(H2,29,30,32,33)/t10?,14-,17-,18-,21?/m1/s1. The Morgan fingerprint density at radius 1 is 1.32 bits per heavy atom. The molecule has 38 heavy (non-hydrogen) atoms. The van der Waals surface area contributed by atoms with Crippen molar-refractivity contribution in [2.24, 2.45) is 5.92 Å². The first-order valence-electron chi connectivity index (χ1n) is 11.7. The number of aromatic nitrogens is 5. The van der Waals surface area contributed by atoms with Gasteiger partial charge in [0, 0.05) is 23.9 Å². The molecule has 3 N–H and O–H groups in total. The summed E-state index contributed by atoms with van der Waals surface area (Å²) >= 11 is 0. The van der Waals surface area contributed by atoms with Gasteiger partial charge in [0.2, 0.25) is 5.95 Å². The zero-order chi connectivity index (χ0) is 26.7. The molecule has 3 atom stereocenters. The molecule has 3 aromatic heterocycles. The van der Waals surface area contributed by atoms with Crippen LogP contribution in [0.25, 0.3) is 5.65 Å². The van der Waals surface area contributed by atoms with Crippen LogP contribution >= 0.6 is 0 Å². The van der Waals surface area contributed by atoms with Gasteiger partial charge in [-0.25, -0.2) is 19.2 Å². The van der Waals surface area contributed by atoms with Crippen molar-refractivity contribution in [1.29, 1.82) is 5.26 Å². The molecule has 2 bridgehead atoms. The number of aromatic amines is 1. The van der Waals surface area contributed by atoms with Gasteiger partial charge in [-0.2, -0.15) is 10.4 Å². The van der Waals surface area contributed by atoms with Crippen LogP contribution in [-0.4, -0.2) is 61.4 Å². The Morgan fingerprint density at radius 2 is 2.11 bits per heavy atom. The molecule has 7 rings (SSSR count). The highest BCUT2D eigenvalue weighted by molar-refractivity contribution is 5.69. The smallest absolute Gasteiger partial charge is 0.441 e. The van der Waals surface area contributed by atoms with Crippen LogP contribution in [0.1, 0.15) is 42.4 Å². The van der Waals surface area contributed by atoms with E-state index in [2.05, 4.69) is 35.5 Å². The Balaban J connectivity index is 1.13. The van der Waals surface area contributed by atoms with Crippen molar-refractivity contribution in [3.05, 3.63) is 35.4 Å². The van der Waals surface area contributed by atoms with Crippen LogP contribution in [0, 0.1) is 17.2 Å². The van der Waals surface area contributed by atoms with E-state index in [4.69, 9.17) is 9.47 Å². The molecule has 200 valence electrons. The predicted molar refractivity (Wildman–Crippen MR) is 117 cm³/mol. The van der Waals surface area contributed by atoms with E-state index in [9.17, 15) is 23.2 Å². The van der Waals surface area contributed by atoms with Gasteiger partial charge in [0.05, 0.1) is 24.6 Å². The molecule has 16 heteroatoms. The first-order chi connectivity index (χ1) is 18.1. The van der Waals surface area contributed by atoms with Gasteiger partial charge in [0.15, 0.2) is 18.1 Å². The van der Waals surface area contributed by atoms with E-state index in [0.29, 0.717) is 5.92 Å². The van der Waals surface area contributed by atoms with E-state index in [1.54, 1.807) is 0 Å². The van der Waals surface area contributed by atoms with E-state index in [-0.39, 0.29) is 46.6 Å². The molecule has 3 aromatic rings. The van der Waals surface area contributed by atoms with Crippen LogP contribution in [0.15, 0.2) is 18.3 Å².